The molecule has 2 saturated heterocycles. The number of nitrogens with zero attached hydrogens (tertiary/aromatic N) is 2. The van der Waals surface area contributed by atoms with Gasteiger partial charge < -0.3 is 23.3 Å². The number of aromatic nitrogens is 2. The van der Waals surface area contributed by atoms with E-state index in [9.17, 15) is 4.79 Å². The number of carbonyl (C=O) groups excluding carboxylic acids is 1. The second-order valence-corrected chi connectivity index (χ2v) is 14.5. The Hall–Kier alpha value is -2.76. The van der Waals surface area contributed by atoms with E-state index >= 15 is 0 Å². The normalized spacial score (nSPS) is 22.1. The smallest absolute Gasteiger partial charge is 0.464 e. The van der Waals surface area contributed by atoms with Gasteiger partial charge in [-0.15, -0.1) is 0 Å². The zero-order valence-corrected chi connectivity index (χ0v) is 28.7. The van der Waals surface area contributed by atoms with Crippen LogP contribution >= 0.6 is 0 Å². The van der Waals surface area contributed by atoms with E-state index in [-0.39, 0.29) is 29.4 Å². The molecule has 3 aromatic rings. The zero-order chi connectivity index (χ0) is 32.7. The Morgan fingerprint density at radius 1 is 1.20 bits per heavy atom. The van der Waals surface area contributed by atoms with Crippen LogP contribution in [0.15, 0.2) is 36.5 Å². The van der Waals surface area contributed by atoms with Crippen LogP contribution in [-0.2, 0) is 36.5 Å². The Kier molecular flexibility index (Phi) is 9.56. The summed E-state index contributed by atoms with van der Waals surface area (Å²) in [6, 6.07) is 10.3. The van der Waals surface area contributed by atoms with E-state index in [1.165, 1.54) is 5.56 Å². The van der Waals surface area contributed by atoms with Crippen molar-refractivity contribution in [3.05, 3.63) is 47.8 Å². The maximum Gasteiger partial charge on any atom is 0.494 e. The molecule has 2 fully saturated rings. The van der Waals surface area contributed by atoms with Crippen LogP contribution in [0.3, 0.4) is 0 Å². The molecule has 244 valence electrons. The SMILES string of the molecule is CCn1c(-c2cccnc2[C@H](C)OC)c(CC(C)(C)COC(=O)[C@H]2NNCC[C@@H]2C)c2cc(B3OC(C)(C)C(C)(C)O3)ccc21. The van der Waals surface area contributed by atoms with Crippen molar-refractivity contribution in [2.75, 3.05) is 20.3 Å². The number of aryl methyl sites for hydroxylation is 1. The molecule has 4 heterocycles. The number of methoxy groups -OCH3 is 1. The first-order valence-electron chi connectivity index (χ1n) is 16.3. The third kappa shape index (κ3) is 6.58. The fraction of sp³-hybridized carbons (Fsp3) is 0.600. The minimum atomic E-state index is -0.476. The van der Waals surface area contributed by atoms with E-state index < -0.39 is 18.3 Å². The van der Waals surface area contributed by atoms with Crippen molar-refractivity contribution in [1.82, 2.24) is 20.4 Å². The second kappa shape index (κ2) is 12.8. The monoisotopic (exact) mass is 618 g/mol. The Labute approximate surface area is 268 Å². The number of hydrogen-bond donors (Lipinski definition) is 2. The lowest BCUT2D eigenvalue weighted by atomic mass is 9.77. The Balaban J connectivity index is 1.59. The highest BCUT2D eigenvalue weighted by Crippen LogP contribution is 2.41. The summed E-state index contributed by atoms with van der Waals surface area (Å²) in [5, 5.41) is 1.13. The highest BCUT2D eigenvalue weighted by molar-refractivity contribution is 6.62. The van der Waals surface area contributed by atoms with Gasteiger partial charge >= 0.3 is 13.1 Å². The number of ether oxygens (including phenoxy) is 2. The molecule has 0 spiro atoms. The summed E-state index contributed by atoms with van der Waals surface area (Å²) in [6.07, 6.45) is 3.23. The van der Waals surface area contributed by atoms with Crippen molar-refractivity contribution in [3.8, 4) is 11.3 Å². The predicted molar refractivity (Wildman–Crippen MR) is 179 cm³/mol. The molecule has 2 aromatic heterocycles. The molecule has 5 rings (SSSR count). The van der Waals surface area contributed by atoms with Gasteiger partial charge in [0.25, 0.3) is 0 Å². The summed E-state index contributed by atoms with van der Waals surface area (Å²) < 4.78 is 27.0. The minimum Gasteiger partial charge on any atom is -0.464 e. The van der Waals surface area contributed by atoms with E-state index in [1.807, 2.05) is 19.2 Å². The molecule has 0 unspecified atom stereocenters. The number of fused-ring (bicyclic) bond motifs is 1. The standard InChI is InChI=1S/C35H51BN4O5/c1-11-40-28-15-14-24(36-44-34(6,7)35(8,9)45-36)19-26(28)27(31(40)25-13-12-17-37-30(25)23(3)42-10)20-33(4,5)21-43-32(41)29-22(2)16-18-38-39-29/h12-15,17,19,22-23,29,38-39H,11,16,18,20-21H2,1-10H3/t22-,23-,29-/m0/s1. The molecule has 0 saturated carbocycles. The summed E-state index contributed by atoms with van der Waals surface area (Å²) in [6.45, 7) is 20.8. The zero-order valence-electron chi connectivity index (χ0n) is 28.7. The molecule has 3 atom stereocenters. The molecule has 2 N–H and O–H groups in total. The van der Waals surface area contributed by atoms with Crippen LogP contribution in [0.1, 0.15) is 86.1 Å². The maximum absolute atomic E-state index is 13.1. The first kappa shape index (κ1) is 33.6. The molecular weight excluding hydrogens is 567 g/mol. The molecule has 0 radical (unpaired) electrons. The average molecular weight is 619 g/mol. The summed E-state index contributed by atoms with van der Waals surface area (Å²) >= 11 is 0. The van der Waals surface area contributed by atoms with Gasteiger partial charge in [0.2, 0.25) is 0 Å². The Bertz CT molecular complexity index is 1520. The van der Waals surface area contributed by atoms with Gasteiger partial charge in [0, 0.05) is 48.3 Å². The molecule has 0 aliphatic carbocycles. The number of carbonyl (C=O) groups is 1. The van der Waals surface area contributed by atoms with Crippen molar-refractivity contribution in [2.45, 2.75) is 105 Å². The maximum atomic E-state index is 13.1. The van der Waals surface area contributed by atoms with E-state index in [1.54, 1.807) is 7.11 Å². The average Bonchev–Trinajstić information content (AvgIpc) is 3.42. The van der Waals surface area contributed by atoms with Gasteiger partial charge in [-0.1, -0.05) is 32.9 Å². The number of pyridine rings is 1. The van der Waals surface area contributed by atoms with E-state index in [2.05, 4.69) is 95.1 Å². The number of nitrogens with one attached hydrogen (secondary N) is 2. The molecule has 2 aliphatic rings. The van der Waals surface area contributed by atoms with Gasteiger partial charge in [0.05, 0.1) is 35.3 Å². The third-order valence-corrected chi connectivity index (χ3v) is 9.93. The number of benzene rings is 1. The molecule has 45 heavy (non-hydrogen) atoms. The predicted octanol–water partition coefficient (Wildman–Crippen LogP) is 5.34. The molecule has 2 aliphatic heterocycles. The van der Waals surface area contributed by atoms with Gasteiger partial charge in [-0.2, -0.15) is 0 Å². The number of rotatable bonds is 10. The highest BCUT2D eigenvalue weighted by Gasteiger charge is 2.51. The molecule has 9 nitrogen and oxygen atoms in total. The van der Waals surface area contributed by atoms with Crippen molar-refractivity contribution in [1.29, 1.82) is 0 Å². The van der Waals surface area contributed by atoms with Crippen molar-refractivity contribution in [3.63, 3.8) is 0 Å². The summed E-state index contributed by atoms with van der Waals surface area (Å²) in [4.78, 5) is 17.9. The highest BCUT2D eigenvalue weighted by atomic mass is 16.7. The van der Waals surface area contributed by atoms with Crippen LogP contribution in [0.2, 0.25) is 0 Å². The number of esters is 1. The molecule has 1 aromatic carbocycles. The van der Waals surface area contributed by atoms with E-state index in [0.29, 0.717) is 13.0 Å². The molecule has 10 heteroatoms. The van der Waals surface area contributed by atoms with Crippen LogP contribution in [0.4, 0.5) is 0 Å². The quantitative estimate of drug-likeness (QED) is 0.232. The second-order valence-electron chi connectivity index (χ2n) is 14.5. The number of hydrazine groups is 1. The van der Waals surface area contributed by atoms with E-state index in [4.69, 9.17) is 23.8 Å². The molecule has 0 bridgehead atoms. The topological polar surface area (TPSA) is 95.9 Å². The lowest BCUT2D eigenvalue weighted by Crippen LogP contribution is -2.54. The minimum absolute atomic E-state index is 0.190. The Morgan fingerprint density at radius 2 is 1.91 bits per heavy atom. The number of hydrogen-bond acceptors (Lipinski definition) is 8. The lowest BCUT2D eigenvalue weighted by Gasteiger charge is -2.32. The van der Waals surface area contributed by atoms with Crippen LogP contribution in [0.25, 0.3) is 22.2 Å². The van der Waals surface area contributed by atoms with Crippen molar-refractivity contribution >= 4 is 29.5 Å². The van der Waals surface area contributed by atoms with Gasteiger partial charge in [0.15, 0.2) is 0 Å². The summed E-state index contributed by atoms with van der Waals surface area (Å²) in [5.41, 5.74) is 11.3. The molecule has 0 amide bonds. The summed E-state index contributed by atoms with van der Waals surface area (Å²) in [7, 11) is 1.24. The largest absolute Gasteiger partial charge is 0.494 e. The van der Waals surface area contributed by atoms with Gasteiger partial charge in [-0.05, 0) is 89.5 Å². The van der Waals surface area contributed by atoms with Crippen LogP contribution in [0.5, 0.6) is 0 Å². The summed E-state index contributed by atoms with van der Waals surface area (Å²) in [5.74, 6) is -0.0123. The van der Waals surface area contributed by atoms with Crippen LogP contribution in [-0.4, -0.2) is 60.1 Å². The fourth-order valence-corrected chi connectivity index (χ4v) is 6.40. The van der Waals surface area contributed by atoms with Crippen molar-refractivity contribution in [2.24, 2.45) is 11.3 Å². The Morgan fingerprint density at radius 3 is 2.56 bits per heavy atom. The van der Waals surface area contributed by atoms with Crippen LogP contribution in [0, 0.1) is 11.3 Å². The van der Waals surface area contributed by atoms with Gasteiger partial charge in [-0.3, -0.25) is 15.2 Å². The van der Waals surface area contributed by atoms with Crippen LogP contribution < -0.4 is 16.3 Å². The van der Waals surface area contributed by atoms with E-state index in [0.717, 1.165) is 52.8 Å². The first-order chi connectivity index (χ1) is 21.2. The third-order valence-electron chi connectivity index (χ3n) is 9.93. The molecular formula is C35H51BN4O5. The van der Waals surface area contributed by atoms with Gasteiger partial charge in [0.1, 0.15) is 6.04 Å². The van der Waals surface area contributed by atoms with Crippen molar-refractivity contribution < 1.29 is 23.6 Å². The lowest BCUT2D eigenvalue weighted by molar-refractivity contribution is -0.151. The fourth-order valence-electron chi connectivity index (χ4n) is 6.40. The first-order valence-corrected chi connectivity index (χ1v) is 16.3. The van der Waals surface area contributed by atoms with Gasteiger partial charge in [-0.25, -0.2) is 5.43 Å².